The van der Waals surface area contributed by atoms with E-state index in [2.05, 4.69) is 15.8 Å². The number of benzene rings is 2. The molecular weight excluding hydrogens is 583 g/mol. The van der Waals surface area contributed by atoms with Gasteiger partial charge in [-0.1, -0.05) is 41.6 Å². The molecule has 2 aromatic carbocycles. The minimum absolute atomic E-state index is 0.0144. The predicted molar refractivity (Wildman–Crippen MR) is 147 cm³/mol. The molecule has 222 valence electrons. The first-order valence-electron chi connectivity index (χ1n) is 11.8. The number of rotatable bonds is 8. The number of nitrogens with two attached hydrogens (primary N) is 1. The van der Waals surface area contributed by atoms with E-state index >= 15 is 0 Å². The Labute approximate surface area is 239 Å². The van der Waals surface area contributed by atoms with Gasteiger partial charge < -0.3 is 24.8 Å². The molecule has 2 aromatic heterocycles. The van der Waals surface area contributed by atoms with Gasteiger partial charge in [0.1, 0.15) is 29.6 Å². The Morgan fingerprint density at radius 1 is 1.14 bits per heavy atom. The summed E-state index contributed by atoms with van der Waals surface area (Å²) in [5.41, 5.74) is 7.06. The molecule has 0 radical (unpaired) electrons. The number of hydrogen-bond donors (Lipinski definition) is 5. The topological polar surface area (TPSA) is 190 Å². The number of hydrogen-bond acceptors (Lipinski definition) is 9. The van der Waals surface area contributed by atoms with Crippen LogP contribution in [-0.2, 0) is 14.3 Å². The van der Waals surface area contributed by atoms with E-state index in [1.807, 2.05) is 54.6 Å². The highest BCUT2D eigenvalue weighted by Gasteiger charge is 2.38. The van der Waals surface area contributed by atoms with Gasteiger partial charge in [0.25, 0.3) is 5.88 Å². The van der Waals surface area contributed by atoms with Gasteiger partial charge in [-0.2, -0.15) is 13.2 Å². The van der Waals surface area contributed by atoms with Gasteiger partial charge in [-0.05, 0) is 30.7 Å². The summed E-state index contributed by atoms with van der Waals surface area (Å²) in [6, 6.07) is 16.8. The molecular formula is C26H24F3N5O7S. The van der Waals surface area contributed by atoms with Crippen LogP contribution in [0.3, 0.4) is 0 Å². The minimum Gasteiger partial charge on any atom is -0.481 e. The maximum absolute atomic E-state index is 12.6. The smallest absolute Gasteiger partial charge is 0.481 e. The number of carbonyl (C=O) groups excluding carboxylic acids is 2. The molecule has 16 heteroatoms. The molecule has 0 spiro atoms. The quantitative estimate of drug-likeness (QED) is 0.128. The molecule has 6 N–H and O–H groups in total. The monoisotopic (exact) mass is 607 g/mol. The van der Waals surface area contributed by atoms with Crippen LogP contribution in [0.25, 0.3) is 10.1 Å². The average molecular weight is 608 g/mol. The molecule has 0 bridgehead atoms. The summed E-state index contributed by atoms with van der Waals surface area (Å²) in [6.07, 6.45) is -6.47. The van der Waals surface area contributed by atoms with E-state index < -0.39 is 24.3 Å². The van der Waals surface area contributed by atoms with E-state index in [9.17, 15) is 22.8 Å². The predicted octanol–water partition coefficient (Wildman–Crippen LogP) is 5.44. The molecule has 1 atom stereocenters. The molecule has 2 amide bonds. The third-order valence-corrected chi connectivity index (χ3v) is 6.35. The molecule has 0 saturated carbocycles. The van der Waals surface area contributed by atoms with E-state index in [4.69, 9.17) is 35.0 Å². The van der Waals surface area contributed by atoms with E-state index in [0.717, 1.165) is 15.6 Å². The van der Waals surface area contributed by atoms with Crippen LogP contribution in [0.4, 0.5) is 29.5 Å². The van der Waals surface area contributed by atoms with Gasteiger partial charge >= 0.3 is 18.2 Å². The highest BCUT2D eigenvalue weighted by molar-refractivity contribution is 7.20. The van der Waals surface area contributed by atoms with Crippen LogP contribution in [0.1, 0.15) is 29.2 Å². The summed E-state index contributed by atoms with van der Waals surface area (Å²) in [7, 11) is 0. The molecule has 0 fully saturated rings. The van der Waals surface area contributed by atoms with Gasteiger partial charge in [-0.3, -0.25) is 20.8 Å². The zero-order chi connectivity index (χ0) is 31.0. The third kappa shape index (κ3) is 8.44. The van der Waals surface area contributed by atoms with Crippen LogP contribution in [-0.4, -0.2) is 46.9 Å². The molecule has 42 heavy (non-hydrogen) atoms. The van der Waals surface area contributed by atoms with Crippen LogP contribution in [0.15, 0.2) is 59.1 Å². The van der Waals surface area contributed by atoms with E-state index in [0.29, 0.717) is 16.3 Å². The van der Waals surface area contributed by atoms with Gasteiger partial charge in [0, 0.05) is 17.0 Å². The number of amides is 2. The summed E-state index contributed by atoms with van der Waals surface area (Å²) >= 11 is 1.40. The lowest BCUT2D eigenvalue weighted by atomic mass is 10.1. The van der Waals surface area contributed by atoms with Crippen LogP contribution in [0, 0.1) is 12.3 Å². The van der Waals surface area contributed by atoms with Crippen molar-refractivity contribution in [2.24, 2.45) is 5.73 Å². The summed E-state index contributed by atoms with van der Waals surface area (Å²) in [5.74, 6) is -2.54. The second-order valence-electron chi connectivity index (χ2n) is 8.39. The fourth-order valence-electron chi connectivity index (χ4n) is 3.34. The number of anilines is 2. The van der Waals surface area contributed by atoms with Crippen molar-refractivity contribution >= 4 is 56.8 Å². The number of thiophene rings is 1. The number of halogens is 3. The molecule has 0 aliphatic heterocycles. The Bertz CT molecular complexity index is 1590. The number of alkyl halides is 3. The molecule has 0 aliphatic carbocycles. The second-order valence-corrected chi connectivity index (χ2v) is 9.47. The number of carboxylic acids is 1. The lowest BCUT2D eigenvalue weighted by Gasteiger charge is -2.20. The van der Waals surface area contributed by atoms with Crippen molar-refractivity contribution in [1.29, 1.82) is 5.41 Å². The first-order valence-corrected chi connectivity index (χ1v) is 12.6. The van der Waals surface area contributed by atoms with Crippen LogP contribution in [0.5, 0.6) is 5.75 Å². The molecule has 4 aromatic rings. The van der Waals surface area contributed by atoms with Crippen molar-refractivity contribution < 1.29 is 46.7 Å². The summed E-state index contributed by atoms with van der Waals surface area (Å²) < 4.78 is 49.5. The first-order chi connectivity index (χ1) is 19.8. The normalized spacial score (nSPS) is 11.5. The van der Waals surface area contributed by atoms with Crippen molar-refractivity contribution in [1.82, 2.24) is 5.16 Å². The fraction of sp³-hybridized carbons (Fsp3) is 0.192. The van der Waals surface area contributed by atoms with Crippen LogP contribution < -0.4 is 21.1 Å². The van der Waals surface area contributed by atoms with E-state index in [1.165, 1.54) is 18.3 Å². The van der Waals surface area contributed by atoms with Gasteiger partial charge in [-0.15, -0.1) is 11.3 Å². The van der Waals surface area contributed by atoms with Gasteiger partial charge in [0.15, 0.2) is 6.10 Å². The number of carboxylic acid groups (broad SMARTS) is 1. The summed E-state index contributed by atoms with van der Waals surface area (Å²) in [5, 5.41) is 24.4. The van der Waals surface area contributed by atoms with Gasteiger partial charge in [-0.25, -0.2) is 9.59 Å². The molecule has 12 nitrogen and oxygen atoms in total. The molecule has 2 heterocycles. The maximum atomic E-state index is 12.6. The first kappa shape index (κ1) is 31.4. The number of nitrogens with one attached hydrogen (secondary N) is 3. The molecule has 4 rings (SSSR count). The number of aromatic nitrogens is 1. The second kappa shape index (κ2) is 13.5. The van der Waals surface area contributed by atoms with Crippen LogP contribution in [0.2, 0.25) is 0 Å². The average Bonchev–Trinajstić information content (AvgIpc) is 3.51. The van der Waals surface area contributed by atoms with Gasteiger partial charge in [0.05, 0.1) is 4.88 Å². The Kier molecular flexibility index (Phi) is 10.1. The van der Waals surface area contributed by atoms with E-state index in [-0.39, 0.29) is 29.9 Å². The Morgan fingerprint density at radius 2 is 1.81 bits per heavy atom. The number of aryl methyl sites for hydroxylation is 1. The van der Waals surface area contributed by atoms with E-state index in [1.54, 1.807) is 6.92 Å². The number of nitrogens with zero attached hydrogens (tertiary/aromatic N) is 1. The zero-order valence-electron chi connectivity index (χ0n) is 21.9. The highest BCUT2D eigenvalue weighted by atomic mass is 32.1. The number of aliphatic carboxylic acids is 1. The van der Waals surface area contributed by atoms with Crippen molar-refractivity contribution in [3.63, 3.8) is 0 Å². The SMILES string of the molecule is CC(=O)Nc1onc(C)c1NC(=O)OCC(Oc1cccc2sc(C(=N)N)cc12)c1ccccc1.O=C(O)C(F)(F)F. The summed E-state index contributed by atoms with van der Waals surface area (Å²) in [6.45, 7) is 2.84. The number of carbonyl (C=O) groups is 3. The van der Waals surface area contributed by atoms with Crippen molar-refractivity contribution in [2.45, 2.75) is 26.1 Å². The Balaban J connectivity index is 0.000000616. The number of amidine groups is 1. The lowest BCUT2D eigenvalue weighted by Crippen LogP contribution is -2.22. The standard InChI is InChI=1S/C24H23N5O5S.C2HF3O2/c1-13-21(23(34-29-13)27-14(2)30)28-24(31)32-12-18(15-7-4-3-5-8-15)33-17-9-6-10-19-16(17)11-20(35-19)22(25)26;3-2(4,5)1(6)7/h3-11,18H,12H2,1-2H3,(H3,25,26)(H,27,30)(H,28,31);(H,6,7). The number of fused-ring (bicyclic) bond motifs is 1. The lowest BCUT2D eigenvalue weighted by molar-refractivity contribution is -0.192. The number of ether oxygens (including phenoxy) is 2. The highest BCUT2D eigenvalue weighted by Crippen LogP contribution is 2.35. The minimum atomic E-state index is -5.08. The van der Waals surface area contributed by atoms with Gasteiger partial charge in [0.2, 0.25) is 5.91 Å². The maximum Gasteiger partial charge on any atom is 0.490 e. The van der Waals surface area contributed by atoms with Crippen molar-refractivity contribution in [2.75, 3.05) is 17.2 Å². The van der Waals surface area contributed by atoms with Crippen molar-refractivity contribution in [3.8, 4) is 5.75 Å². The van der Waals surface area contributed by atoms with Crippen molar-refractivity contribution in [3.05, 3.63) is 70.7 Å². The molecule has 0 aliphatic rings. The largest absolute Gasteiger partial charge is 0.490 e. The Hall–Kier alpha value is -5.12. The Morgan fingerprint density at radius 3 is 2.40 bits per heavy atom. The zero-order valence-corrected chi connectivity index (χ0v) is 22.8. The fourth-order valence-corrected chi connectivity index (χ4v) is 4.28. The summed E-state index contributed by atoms with van der Waals surface area (Å²) in [4.78, 5) is 33.5. The van der Waals surface area contributed by atoms with Crippen LogP contribution >= 0.6 is 11.3 Å². The molecule has 1 unspecified atom stereocenters. The third-order valence-electron chi connectivity index (χ3n) is 5.22. The molecule has 0 saturated heterocycles. The number of nitrogen functional groups attached to an aromatic ring is 1.